The highest BCUT2D eigenvalue weighted by molar-refractivity contribution is 5.64. The molecule has 0 saturated carbocycles. The number of hydrogen-bond donors (Lipinski definition) is 1. The van der Waals surface area contributed by atoms with Gasteiger partial charge in [-0.2, -0.15) is 4.68 Å². The van der Waals surface area contributed by atoms with Gasteiger partial charge in [-0.3, -0.25) is 4.57 Å². The lowest BCUT2D eigenvalue weighted by Crippen LogP contribution is -2.41. The molecule has 3 aromatic carbocycles. The fourth-order valence-corrected chi connectivity index (χ4v) is 5.45. The largest absolute Gasteiger partial charge is 0.388 e. The highest BCUT2D eigenvalue weighted by Gasteiger charge is 2.36. The molecule has 5 rings (SSSR count). The molecule has 0 spiro atoms. The van der Waals surface area contributed by atoms with Gasteiger partial charge in [0.15, 0.2) is 5.82 Å². The minimum atomic E-state index is -0.883. The van der Waals surface area contributed by atoms with Crippen molar-refractivity contribution in [3.05, 3.63) is 111 Å². The average molecular weight is 531 g/mol. The van der Waals surface area contributed by atoms with Crippen molar-refractivity contribution in [2.45, 2.75) is 65.5 Å². The fraction of sp³-hybridized carbons (Fsp3) is 0.355. The molecule has 0 amide bonds. The van der Waals surface area contributed by atoms with E-state index >= 15 is 4.39 Å². The summed E-state index contributed by atoms with van der Waals surface area (Å²) in [4.78, 5) is 15.5. The molecule has 0 saturated heterocycles. The Bertz CT molecular complexity index is 1510. The Balaban J connectivity index is 1.51. The first kappa shape index (κ1) is 26.8. The van der Waals surface area contributed by atoms with Crippen LogP contribution in [0.2, 0.25) is 0 Å². The van der Waals surface area contributed by atoms with E-state index in [1.165, 1.54) is 10.6 Å². The van der Waals surface area contributed by atoms with E-state index in [2.05, 4.69) is 23.8 Å². The lowest BCUT2D eigenvalue weighted by atomic mass is 9.82. The van der Waals surface area contributed by atoms with Gasteiger partial charge in [0.1, 0.15) is 18.1 Å². The maximum atomic E-state index is 15.7. The van der Waals surface area contributed by atoms with Crippen LogP contribution in [0.4, 0.5) is 10.1 Å². The van der Waals surface area contributed by atoms with Crippen LogP contribution in [0.25, 0.3) is 5.69 Å². The first-order chi connectivity index (χ1) is 18.8. The number of benzene rings is 3. The number of halogens is 1. The standard InChI is InChI=1S/C31H35FN4O3/c1-5-34-29(19-39-18-22-12-7-6-8-13-22)33-36(31(34)38)28-16-27-24(15-26(28)32)30(37)25(17-35(27)20(2)3)23-14-10-9-11-21(23)4/h6-16,20,25,30,37H,5,17-19H2,1-4H3. The summed E-state index contributed by atoms with van der Waals surface area (Å²) in [5.41, 5.74) is 3.99. The third-order valence-corrected chi connectivity index (χ3v) is 7.54. The quantitative estimate of drug-likeness (QED) is 0.336. The topological polar surface area (TPSA) is 72.5 Å². The number of rotatable bonds is 8. The summed E-state index contributed by atoms with van der Waals surface area (Å²) in [5, 5.41) is 15.9. The van der Waals surface area contributed by atoms with Crippen molar-refractivity contribution >= 4 is 5.69 Å². The molecule has 7 nitrogen and oxygen atoms in total. The molecule has 39 heavy (non-hydrogen) atoms. The highest BCUT2D eigenvalue weighted by atomic mass is 19.1. The molecule has 1 N–H and O–H groups in total. The van der Waals surface area contributed by atoms with Crippen LogP contribution >= 0.6 is 0 Å². The van der Waals surface area contributed by atoms with Gasteiger partial charge in [-0.25, -0.2) is 9.18 Å². The molecule has 8 heteroatoms. The van der Waals surface area contributed by atoms with Crippen LogP contribution in [-0.4, -0.2) is 32.0 Å². The van der Waals surface area contributed by atoms with E-state index in [1.54, 1.807) is 6.07 Å². The van der Waals surface area contributed by atoms with E-state index in [0.717, 1.165) is 21.4 Å². The third-order valence-electron chi connectivity index (χ3n) is 7.54. The first-order valence-electron chi connectivity index (χ1n) is 13.4. The summed E-state index contributed by atoms with van der Waals surface area (Å²) >= 11 is 0. The van der Waals surface area contributed by atoms with Crippen LogP contribution in [0.5, 0.6) is 0 Å². The molecule has 0 bridgehead atoms. The van der Waals surface area contributed by atoms with Crippen molar-refractivity contribution in [3.8, 4) is 5.69 Å². The van der Waals surface area contributed by atoms with Crippen LogP contribution in [0.3, 0.4) is 0 Å². The van der Waals surface area contributed by atoms with E-state index in [-0.39, 0.29) is 24.3 Å². The minimum Gasteiger partial charge on any atom is -0.388 e. The smallest absolute Gasteiger partial charge is 0.350 e. The summed E-state index contributed by atoms with van der Waals surface area (Å²) < 4.78 is 24.1. The summed E-state index contributed by atoms with van der Waals surface area (Å²) in [5.74, 6) is -0.390. The zero-order valence-corrected chi connectivity index (χ0v) is 22.8. The lowest BCUT2D eigenvalue weighted by molar-refractivity contribution is 0.0989. The van der Waals surface area contributed by atoms with Crippen molar-refractivity contribution < 1.29 is 14.2 Å². The maximum absolute atomic E-state index is 15.7. The molecular formula is C31H35FN4O3. The van der Waals surface area contributed by atoms with E-state index in [1.807, 2.05) is 68.4 Å². The summed E-state index contributed by atoms with van der Waals surface area (Å²) in [7, 11) is 0. The van der Waals surface area contributed by atoms with Gasteiger partial charge in [0.2, 0.25) is 0 Å². The highest BCUT2D eigenvalue weighted by Crippen LogP contribution is 2.44. The molecule has 2 heterocycles. The predicted molar refractivity (Wildman–Crippen MR) is 150 cm³/mol. The number of hydrogen-bond acceptors (Lipinski definition) is 5. The van der Waals surface area contributed by atoms with Crippen molar-refractivity contribution in [1.82, 2.24) is 14.3 Å². The molecule has 4 aromatic rings. The van der Waals surface area contributed by atoms with Crippen LogP contribution in [0.1, 0.15) is 60.9 Å². The molecule has 1 aliphatic rings. The predicted octanol–water partition coefficient (Wildman–Crippen LogP) is 5.26. The Morgan fingerprint density at radius 2 is 1.74 bits per heavy atom. The van der Waals surface area contributed by atoms with Gasteiger partial charge < -0.3 is 14.7 Å². The van der Waals surface area contributed by atoms with Gasteiger partial charge in [-0.05, 0) is 56.5 Å². The Kier molecular flexibility index (Phi) is 7.68. The van der Waals surface area contributed by atoms with E-state index in [9.17, 15) is 9.90 Å². The fourth-order valence-electron chi connectivity index (χ4n) is 5.45. The van der Waals surface area contributed by atoms with Crippen molar-refractivity contribution in [3.63, 3.8) is 0 Å². The van der Waals surface area contributed by atoms with Crippen molar-refractivity contribution in [2.24, 2.45) is 0 Å². The first-order valence-corrected chi connectivity index (χ1v) is 13.4. The van der Waals surface area contributed by atoms with Gasteiger partial charge in [0.25, 0.3) is 0 Å². The molecule has 0 fully saturated rings. The normalized spacial score (nSPS) is 17.1. The van der Waals surface area contributed by atoms with E-state index in [4.69, 9.17) is 4.74 Å². The Hall–Kier alpha value is -3.75. The number of fused-ring (bicyclic) bond motifs is 1. The van der Waals surface area contributed by atoms with Crippen LogP contribution in [0.15, 0.2) is 71.5 Å². The molecular weight excluding hydrogens is 495 g/mol. The van der Waals surface area contributed by atoms with Gasteiger partial charge in [0.05, 0.1) is 12.7 Å². The zero-order valence-electron chi connectivity index (χ0n) is 22.8. The Morgan fingerprint density at radius 1 is 1.03 bits per heavy atom. The molecule has 1 aliphatic heterocycles. The number of aryl methyl sites for hydroxylation is 1. The van der Waals surface area contributed by atoms with Crippen molar-refractivity contribution in [1.29, 1.82) is 0 Å². The third kappa shape index (κ3) is 5.14. The lowest BCUT2D eigenvalue weighted by Gasteiger charge is -2.42. The number of ether oxygens (including phenoxy) is 1. The SMILES string of the molecule is CCn1c(COCc2ccccc2)nn(-c2cc3c(cc2F)C(O)C(c2ccccc2C)CN3C(C)C)c1=O. The van der Waals surface area contributed by atoms with Crippen LogP contribution in [0, 0.1) is 12.7 Å². The van der Waals surface area contributed by atoms with Crippen LogP contribution < -0.4 is 10.6 Å². The Labute approximate surface area is 228 Å². The number of nitrogens with zero attached hydrogens (tertiary/aromatic N) is 4. The van der Waals surface area contributed by atoms with Crippen molar-refractivity contribution in [2.75, 3.05) is 11.4 Å². The number of aliphatic hydroxyl groups excluding tert-OH is 1. The molecule has 0 radical (unpaired) electrons. The van der Waals surface area contributed by atoms with Gasteiger partial charge in [-0.1, -0.05) is 54.6 Å². The van der Waals surface area contributed by atoms with Gasteiger partial charge >= 0.3 is 5.69 Å². The average Bonchev–Trinajstić information content (AvgIpc) is 3.24. The minimum absolute atomic E-state index is 0.0578. The summed E-state index contributed by atoms with van der Waals surface area (Å²) in [6.07, 6.45) is -0.883. The number of anilines is 1. The number of aromatic nitrogens is 3. The number of aliphatic hydroxyl groups is 1. The summed E-state index contributed by atoms with van der Waals surface area (Å²) in [6, 6.07) is 20.8. The Morgan fingerprint density at radius 3 is 2.44 bits per heavy atom. The molecule has 0 aliphatic carbocycles. The maximum Gasteiger partial charge on any atom is 0.350 e. The second-order valence-corrected chi connectivity index (χ2v) is 10.3. The summed E-state index contributed by atoms with van der Waals surface area (Å²) in [6.45, 7) is 9.45. The second-order valence-electron chi connectivity index (χ2n) is 10.3. The molecule has 204 valence electrons. The van der Waals surface area contributed by atoms with Gasteiger partial charge in [0, 0.05) is 36.3 Å². The molecule has 2 atom stereocenters. The molecule has 2 unspecified atom stereocenters. The van der Waals surface area contributed by atoms with E-state index < -0.39 is 17.6 Å². The second kappa shape index (κ2) is 11.2. The molecule has 1 aromatic heterocycles. The van der Waals surface area contributed by atoms with E-state index in [0.29, 0.717) is 36.8 Å². The zero-order chi connectivity index (χ0) is 27.7. The van der Waals surface area contributed by atoms with Crippen LogP contribution in [-0.2, 0) is 24.5 Å². The monoisotopic (exact) mass is 530 g/mol. The van der Waals surface area contributed by atoms with Gasteiger partial charge in [-0.15, -0.1) is 5.10 Å².